The number of aliphatic hydroxyl groups excluding tert-OH is 1. The lowest BCUT2D eigenvalue weighted by atomic mass is 10.1. The smallest absolute Gasteiger partial charge is 0.0552 e. The van der Waals surface area contributed by atoms with Gasteiger partial charge in [-0.3, -0.25) is 0 Å². The Hall–Kier alpha value is -0.520. The molecular formula is C8H15NO. The Morgan fingerprint density at radius 3 is 2.70 bits per heavy atom. The van der Waals surface area contributed by atoms with Crippen LogP contribution in [0.5, 0.6) is 0 Å². The Balaban J connectivity index is 3.06. The van der Waals surface area contributed by atoms with E-state index in [-0.39, 0.29) is 6.10 Å². The monoisotopic (exact) mass is 141 g/mol. The van der Waals surface area contributed by atoms with E-state index in [1.165, 1.54) is 0 Å². The zero-order valence-electron chi connectivity index (χ0n) is 6.21. The molecule has 0 bridgehead atoms. The van der Waals surface area contributed by atoms with Crippen LogP contribution in [0.25, 0.3) is 0 Å². The van der Waals surface area contributed by atoms with E-state index in [0.29, 0.717) is 13.0 Å². The summed E-state index contributed by atoms with van der Waals surface area (Å²) >= 11 is 0. The van der Waals surface area contributed by atoms with Gasteiger partial charge in [0.15, 0.2) is 0 Å². The molecule has 0 aromatic rings. The van der Waals surface area contributed by atoms with Crippen molar-refractivity contribution >= 4 is 0 Å². The summed E-state index contributed by atoms with van der Waals surface area (Å²) in [5.41, 5.74) is 5.23. The second-order valence-corrected chi connectivity index (χ2v) is 2.33. The van der Waals surface area contributed by atoms with Crippen molar-refractivity contribution in [2.45, 2.75) is 31.8 Å². The van der Waals surface area contributed by atoms with E-state index in [4.69, 9.17) is 17.3 Å². The molecule has 2 heteroatoms. The van der Waals surface area contributed by atoms with E-state index in [9.17, 15) is 0 Å². The van der Waals surface area contributed by atoms with Crippen LogP contribution in [0.1, 0.15) is 25.7 Å². The maximum Gasteiger partial charge on any atom is 0.0552 e. The molecular weight excluding hydrogens is 126 g/mol. The first-order chi connectivity index (χ1) is 4.81. The third-order valence-corrected chi connectivity index (χ3v) is 1.36. The minimum atomic E-state index is -0.252. The molecule has 0 aromatic heterocycles. The Morgan fingerprint density at radius 2 is 2.20 bits per heavy atom. The van der Waals surface area contributed by atoms with Crippen molar-refractivity contribution in [2.75, 3.05) is 6.54 Å². The van der Waals surface area contributed by atoms with Crippen LogP contribution in [0.2, 0.25) is 0 Å². The fraction of sp³-hybridized carbons (Fsp3) is 0.750. The van der Waals surface area contributed by atoms with Crippen LogP contribution in [0.4, 0.5) is 0 Å². The SMILES string of the molecule is C#CCCCC(O)CCN. The van der Waals surface area contributed by atoms with Gasteiger partial charge in [0.05, 0.1) is 6.10 Å². The van der Waals surface area contributed by atoms with Crippen LogP contribution in [-0.4, -0.2) is 17.8 Å². The first-order valence-electron chi connectivity index (χ1n) is 3.63. The zero-order valence-corrected chi connectivity index (χ0v) is 6.21. The molecule has 2 nitrogen and oxygen atoms in total. The van der Waals surface area contributed by atoms with Crippen LogP contribution >= 0.6 is 0 Å². The molecule has 0 aliphatic carbocycles. The summed E-state index contributed by atoms with van der Waals surface area (Å²) < 4.78 is 0. The van der Waals surface area contributed by atoms with Gasteiger partial charge in [0, 0.05) is 6.42 Å². The fourth-order valence-corrected chi connectivity index (χ4v) is 0.776. The Kier molecular flexibility index (Phi) is 6.25. The van der Waals surface area contributed by atoms with Crippen LogP contribution in [0.15, 0.2) is 0 Å². The lowest BCUT2D eigenvalue weighted by Gasteiger charge is -2.05. The van der Waals surface area contributed by atoms with Gasteiger partial charge < -0.3 is 10.8 Å². The normalized spacial score (nSPS) is 12.5. The number of nitrogens with two attached hydrogens (primary N) is 1. The molecule has 0 aliphatic heterocycles. The van der Waals surface area contributed by atoms with Gasteiger partial charge in [-0.2, -0.15) is 0 Å². The molecule has 10 heavy (non-hydrogen) atoms. The van der Waals surface area contributed by atoms with E-state index in [1.54, 1.807) is 0 Å². The highest BCUT2D eigenvalue weighted by Crippen LogP contribution is 2.02. The van der Waals surface area contributed by atoms with Gasteiger partial charge in [0.2, 0.25) is 0 Å². The largest absolute Gasteiger partial charge is 0.393 e. The third-order valence-electron chi connectivity index (χ3n) is 1.36. The molecule has 0 aliphatic rings. The van der Waals surface area contributed by atoms with E-state index in [2.05, 4.69) is 5.92 Å². The number of unbranched alkanes of at least 4 members (excludes halogenated alkanes) is 1. The second-order valence-electron chi connectivity index (χ2n) is 2.33. The minimum absolute atomic E-state index is 0.252. The molecule has 0 radical (unpaired) electrons. The highest BCUT2D eigenvalue weighted by molar-refractivity contribution is 4.83. The lowest BCUT2D eigenvalue weighted by molar-refractivity contribution is 0.155. The van der Waals surface area contributed by atoms with Gasteiger partial charge in [-0.25, -0.2) is 0 Å². The van der Waals surface area contributed by atoms with E-state index in [1.807, 2.05) is 0 Å². The van der Waals surface area contributed by atoms with Crippen molar-refractivity contribution in [3.05, 3.63) is 0 Å². The predicted molar refractivity (Wildman–Crippen MR) is 42.4 cm³/mol. The summed E-state index contributed by atoms with van der Waals surface area (Å²) in [6.07, 6.45) is 7.90. The molecule has 1 unspecified atom stereocenters. The molecule has 0 fully saturated rings. The zero-order chi connectivity index (χ0) is 7.82. The number of terminal acetylenes is 1. The quantitative estimate of drug-likeness (QED) is 0.432. The summed E-state index contributed by atoms with van der Waals surface area (Å²) in [7, 11) is 0. The van der Waals surface area contributed by atoms with Crippen molar-refractivity contribution in [3.8, 4) is 12.3 Å². The van der Waals surface area contributed by atoms with Gasteiger partial charge in [-0.15, -0.1) is 12.3 Å². The van der Waals surface area contributed by atoms with Crippen LogP contribution < -0.4 is 5.73 Å². The van der Waals surface area contributed by atoms with Gasteiger partial charge in [-0.05, 0) is 25.8 Å². The minimum Gasteiger partial charge on any atom is -0.393 e. The van der Waals surface area contributed by atoms with Crippen molar-refractivity contribution < 1.29 is 5.11 Å². The summed E-state index contributed by atoms with van der Waals surface area (Å²) in [6.45, 7) is 0.553. The van der Waals surface area contributed by atoms with E-state index in [0.717, 1.165) is 19.3 Å². The average Bonchev–Trinajstić information content (AvgIpc) is 1.89. The number of hydrogen-bond donors (Lipinski definition) is 2. The van der Waals surface area contributed by atoms with E-state index >= 15 is 0 Å². The Labute approximate surface area is 62.4 Å². The summed E-state index contributed by atoms with van der Waals surface area (Å²) in [6, 6.07) is 0. The van der Waals surface area contributed by atoms with Crippen LogP contribution in [-0.2, 0) is 0 Å². The maximum atomic E-state index is 9.13. The molecule has 0 aromatic carbocycles. The second kappa shape index (κ2) is 6.60. The topological polar surface area (TPSA) is 46.2 Å². The summed E-state index contributed by atoms with van der Waals surface area (Å²) in [4.78, 5) is 0. The predicted octanol–water partition coefficient (Wildman–Crippen LogP) is 0.500. The molecule has 1 atom stereocenters. The fourth-order valence-electron chi connectivity index (χ4n) is 0.776. The molecule has 3 N–H and O–H groups in total. The Bertz CT molecular complexity index is 106. The highest BCUT2D eigenvalue weighted by Gasteiger charge is 2.00. The van der Waals surface area contributed by atoms with Gasteiger partial charge >= 0.3 is 0 Å². The van der Waals surface area contributed by atoms with Crippen LogP contribution in [0, 0.1) is 12.3 Å². The molecule has 0 saturated carbocycles. The van der Waals surface area contributed by atoms with E-state index < -0.39 is 0 Å². The highest BCUT2D eigenvalue weighted by atomic mass is 16.3. The molecule has 58 valence electrons. The molecule has 0 heterocycles. The molecule has 0 amide bonds. The van der Waals surface area contributed by atoms with Crippen molar-refractivity contribution in [3.63, 3.8) is 0 Å². The summed E-state index contributed by atoms with van der Waals surface area (Å²) in [5.74, 6) is 2.52. The van der Waals surface area contributed by atoms with Crippen molar-refractivity contribution in [2.24, 2.45) is 5.73 Å². The maximum absolute atomic E-state index is 9.13. The molecule has 0 rings (SSSR count). The van der Waals surface area contributed by atoms with Crippen LogP contribution in [0.3, 0.4) is 0 Å². The molecule has 0 saturated heterocycles. The third kappa shape index (κ3) is 5.61. The number of hydrogen-bond acceptors (Lipinski definition) is 2. The van der Waals surface area contributed by atoms with Gasteiger partial charge in [0.25, 0.3) is 0 Å². The molecule has 0 spiro atoms. The lowest BCUT2D eigenvalue weighted by Crippen LogP contribution is -2.12. The first-order valence-corrected chi connectivity index (χ1v) is 3.63. The number of rotatable bonds is 5. The standard InChI is InChI=1S/C8H15NO/c1-2-3-4-5-8(10)6-7-9/h1,8,10H,3-7,9H2. The first kappa shape index (κ1) is 9.48. The summed E-state index contributed by atoms with van der Waals surface area (Å²) in [5, 5.41) is 9.13. The average molecular weight is 141 g/mol. The van der Waals surface area contributed by atoms with Crippen molar-refractivity contribution in [1.29, 1.82) is 0 Å². The van der Waals surface area contributed by atoms with Gasteiger partial charge in [-0.1, -0.05) is 0 Å². The Morgan fingerprint density at radius 1 is 1.50 bits per heavy atom. The van der Waals surface area contributed by atoms with Gasteiger partial charge in [0.1, 0.15) is 0 Å². The van der Waals surface area contributed by atoms with Crippen molar-refractivity contribution in [1.82, 2.24) is 0 Å². The number of aliphatic hydroxyl groups is 1.